The first-order valence-electron chi connectivity index (χ1n) is 10.7. The summed E-state index contributed by atoms with van der Waals surface area (Å²) in [5, 5.41) is 9.52. The molecule has 3 N–H and O–H groups in total. The Balaban J connectivity index is 1.34. The molecule has 1 saturated heterocycles. The maximum atomic E-state index is 9.52. The van der Waals surface area contributed by atoms with Crippen molar-refractivity contribution in [3.63, 3.8) is 0 Å². The monoisotopic (exact) mass is 357 g/mol. The highest BCUT2D eigenvalue weighted by atomic mass is 16.5. The number of nitrogens with two attached hydrogens (primary N) is 1. The van der Waals surface area contributed by atoms with Crippen LogP contribution < -0.4 is 5.73 Å². The number of fused-ring (bicyclic) bond motifs is 1. The van der Waals surface area contributed by atoms with E-state index in [-0.39, 0.29) is 12.1 Å². The van der Waals surface area contributed by atoms with Gasteiger partial charge in [-0.2, -0.15) is 0 Å². The molecule has 1 aromatic rings. The SMILES string of the molecule is N[C@]1(CO)CC[C@H](c2ccc3c(c2)CCC(CCC2CCOCC2)C3)C1. The van der Waals surface area contributed by atoms with Gasteiger partial charge < -0.3 is 15.6 Å². The van der Waals surface area contributed by atoms with Gasteiger partial charge in [-0.3, -0.25) is 0 Å². The summed E-state index contributed by atoms with van der Waals surface area (Å²) in [7, 11) is 0. The van der Waals surface area contributed by atoms with E-state index in [2.05, 4.69) is 18.2 Å². The van der Waals surface area contributed by atoms with Gasteiger partial charge in [-0.1, -0.05) is 24.6 Å². The van der Waals surface area contributed by atoms with E-state index in [1.54, 1.807) is 11.1 Å². The Kier molecular flexibility index (Phi) is 5.68. The molecule has 2 aliphatic carbocycles. The topological polar surface area (TPSA) is 55.5 Å². The van der Waals surface area contributed by atoms with Gasteiger partial charge in [-0.15, -0.1) is 0 Å². The average Bonchev–Trinajstić information content (AvgIpc) is 3.09. The van der Waals surface area contributed by atoms with Crippen molar-refractivity contribution in [2.45, 2.75) is 75.7 Å². The zero-order chi connectivity index (χ0) is 18.0. The van der Waals surface area contributed by atoms with Crippen LogP contribution in [0.5, 0.6) is 0 Å². The van der Waals surface area contributed by atoms with Crippen molar-refractivity contribution >= 4 is 0 Å². The first-order chi connectivity index (χ1) is 12.6. The lowest BCUT2D eigenvalue weighted by atomic mass is 9.78. The third kappa shape index (κ3) is 4.16. The molecule has 0 spiro atoms. The predicted molar refractivity (Wildman–Crippen MR) is 105 cm³/mol. The number of aliphatic hydroxyl groups is 1. The maximum Gasteiger partial charge on any atom is 0.0611 e. The van der Waals surface area contributed by atoms with Crippen LogP contribution in [-0.2, 0) is 17.6 Å². The molecule has 0 amide bonds. The molecule has 1 unspecified atom stereocenters. The fraction of sp³-hybridized carbons (Fsp3) is 0.739. The number of hydrogen-bond acceptors (Lipinski definition) is 3. The summed E-state index contributed by atoms with van der Waals surface area (Å²) in [6.45, 7) is 2.06. The Morgan fingerprint density at radius 1 is 1.04 bits per heavy atom. The smallest absolute Gasteiger partial charge is 0.0611 e. The fourth-order valence-corrected chi connectivity index (χ4v) is 5.44. The third-order valence-corrected chi connectivity index (χ3v) is 7.31. The first kappa shape index (κ1) is 18.5. The minimum atomic E-state index is -0.351. The quantitative estimate of drug-likeness (QED) is 0.839. The first-order valence-corrected chi connectivity index (χ1v) is 10.7. The van der Waals surface area contributed by atoms with Gasteiger partial charge in [-0.05, 0) is 92.2 Å². The van der Waals surface area contributed by atoms with Crippen LogP contribution >= 0.6 is 0 Å². The summed E-state index contributed by atoms with van der Waals surface area (Å²) in [6, 6.07) is 7.19. The van der Waals surface area contributed by atoms with Crippen molar-refractivity contribution < 1.29 is 9.84 Å². The Labute approximate surface area is 158 Å². The minimum Gasteiger partial charge on any atom is -0.394 e. The predicted octanol–water partition coefficient (Wildman–Crippen LogP) is 3.96. The lowest BCUT2D eigenvalue weighted by Crippen LogP contribution is -2.40. The summed E-state index contributed by atoms with van der Waals surface area (Å²) in [5.41, 5.74) is 10.5. The molecule has 1 heterocycles. The number of hydrogen-bond donors (Lipinski definition) is 2. The van der Waals surface area contributed by atoms with Gasteiger partial charge in [0.05, 0.1) is 6.61 Å². The van der Waals surface area contributed by atoms with Gasteiger partial charge in [0.25, 0.3) is 0 Å². The van der Waals surface area contributed by atoms with Crippen molar-refractivity contribution in [3.8, 4) is 0 Å². The van der Waals surface area contributed by atoms with Crippen molar-refractivity contribution in [3.05, 3.63) is 34.9 Å². The van der Waals surface area contributed by atoms with Gasteiger partial charge in [0.1, 0.15) is 0 Å². The number of rotatable bonds is 5. The molecule has 0 aromatic heterocycles. The molecule has 3 heteroatoms. The second kappa shape index (κ2) is 8.00. The fourth-order valence-electron chi connectivity index (χ4n) is 5.44. The Morgan fingerprint density at radius 2 is 1.85 bits per heavy atom. The molecule has 26 heavy (non-hydrogen) atoms. The van der Waals surface area contributed by atoms with Crippen LogP contribution in [0, 0.1) is 11.8 Å². The second-order valence-electron chi connectivity index (χ2n) is 9.23. The molecule has 144 valence electrons. The molecule has 3 nitrogen and oxygen atoms in total. The molecule has 1 aliphatic heterocycles. The van der Waals surface area contributed by atoms with Crippen LogP contribution in [0.2, 0.25) is 0 Å². The van der Waals surface area contributed by atoms with E-state index in [4.69, 9.17) is 10.5 Å². The molecule has 0 bridgehead atoms. The Bertz CT molecular complexity index is 610. The van der Waals surface area contributed by atoms with Crippen LogP contribution in [-0.4, -0.2) is 30.5 Å². The van der Waals surface area contributed by atoms with Crippen LogP contribution in [0.15, 0.2) is 18.2 Å². The van der Waals surface area contributed by atoms with Crippen molar-refractivity contribution in [1.29, 1.82) is 0 Å². The van der Waals surface area contributed by atoms with Crippen LogP contribution in [0.25, 0.3) is 0 Å². The molecule has 0 radical (unpaired) electrons. The second-order valence-corrected chi connectivity index (χ2v) is 9.23. The summed E-state index contributed by atoms with van der Waals surface area (Å²) in [5.74, 6) is 2.30. The molecule has 1 saturated carbocycles. The van der Waals surface area contributed by atoms with E-state index in [0.717, 1.165) is 44.3 Å². The molecule has 3 atom stereocenters. The molecular formula is C23H35NO2. The van der Waals surface area contributed by atoms with Gasteiger partial charge in [0.15, 0.2) is 0 Å². The lowest BCUT2D eigenvalue weighted by molar-refractivity contribution is 0.0616. The van der Waals surface area contributed by atoms with Gasteiger partial charge in [-0.25, -0.2) is 0 Å². The third-order valence-electron chi connectivity index (χ3n) is 7.31. The molecule has 1 aromatic carbocycles. The number of aliphatic hydroxyl groups excluding tert-OH is 1. The van der Waals surface area contributed by atoms with Crippen molar-refractivity contribution in [1.82, 2.24) is 0 Å². The van der Waals surface area contributed by atoms with E-state index < -0.39 is 0 Å². The highest BCUT2D eigenvalue weighted by molar-refractivity contribution is 5.36. The van der Waals surface area contributed by atoms with Gasteiger partial charge in [0, 0.05) is 18.8 Å². The lowest BCUT2D eigenvalue weighted by Gasteiger charge is -2.28. The normalized spacial score (nSPS) is 32.5. The zero-order valence-electron chi connectivity index (χ0n) is 16.1. The molecule has 2 fully saturated rings. The van der Waals surface area contributed by atoms with E-state index in [0.29, 0.717) is 5.92 Å². The van der Waals surface area contributed by atoms with E-state index >= 15 is 0 Å². The number of aryl methyl sites for hydroxylation is 1. The maximum absolute atomic E-state index is 9.52. The largest absolute Gasteiger partial charge is 0.394 e. The number of benzene rings is 1. The molecular weight excluding hydrogens is 322 g/mol. The van der Waals surface area contributed by atoms with Crippen LogP contribution in [0.4, 0.5) is 0 Å². The highest BCUT2D eigenvalue weighted by Gasteiger charge is 2.36. The van der Waals surface area contributed by atoms with E-state index in [1.165, 1.54) is 50.5 Å². The van der Waals surface area contributed by atoms with Gasteiger partial charge in [0.2, 0.25) is 0 Å². The van der Waals surface area contributed by atoms with E-state index in [9.17, 15) is 5.11 Å². The summed E-state index contributed by atoms with van der Waals surface area (Å²) in [6.07, 6.45) is 12.2. The molecule has 3 aliphatic rings. The summed E-state index contributed by atoms with van der Waals surface area (Å²) >= 11 is 0. The highest BCUT2D eigenvalue weighted by Crippen LogP contribution is 2.41. The van der Waals surface area contributed by atoms with Crippen LogP contribution in [0.1, 0.15) is 74.0 Å². The summed E-state index contributed by atoms with van der Waals surface area (Å²) in [4.78, 5) is 0. The minimum absolute atomic E-state index is 0.114. The Hall–Kier alpha value is -0.900. The number of ether oxygens (including phenoxy) is 1. The summed E-state index contributed by atoms with van der Waals surface area (Å²) < 4.78 is 5.49. The van der Waals surface area contributed by atoms with E-state index in [1.807, 2.05) is 0 Å². The zero-order valence-corrected chi connectivity index (χ0v) is 16.1. The van der Waals surface area contributed by atoms with Crippen LogP contribution in [0.3, 0.4) is 0 Å². The van der Waals surface area contributed by atoms with Gasteiger partial charge >= 0.3 is 0 Å². The molecule has 4 rings (SSSR count). The van der Waals surface area contributed by atoms with Crippen molar-refractivity contribution in [2.75, 3.05) is 19.8 Å². The van der Waals surface area contributed by atoms with Crippen molar-refractivity contribution in [2.24, 2.45) is 17.6 Å². The Morgan fingerprint density at radius 3 is 2.62 bits per heavy atom. The average molecular weight is 358 g/mol. The standard InChI is InChI=1S/C23H35NO2/c24-23(16-25)10-7-22(15-23)21-6-5-19-13-18(3-4-20(19)14-21)2-1-17-8-11-26-12-9-17/h5-6,14,17-18,22,25H,1-4,7-13,15-16,24H2/t18?,22-,23+/m0/s1.